The second-order valence-corrected chi connectivity index (χ2v) is 7.65. The number of hydrogen-bond donors (Lipinski definition) is 1. The zero-order chi connectivity index (χ0) is 16.7. The highest BCUT2D eigenvalue weighted by Crippen LogP contribution is 2.29. The number of benzene rings is 2. The van der Waals surface area contributed by atoms with Gasteiger partial charge in [-0.05, 0) is 48.9 Å². The molecule has 0 unspecified atom stereocenters. The zero-order valence-corrected chi connectivity index (χ0v) is 14.0. The Kier molecular flexibility index (Phi) is 3.39. The molecule has 24 heavy (non-hydrogen) atoms. The fourth-order valence-electron chi connectivity index (χ4n) is 2.89. The third kappa shape index (κ3) is 2.29. The Bertz CT molecular complexity index is 1150. The second-order valence-electron chi connectivity index (χ2n) is 5.70. The van der Waals surface area contributed by atoms with Crippen LogP contribution in [-0.2, 0) is 16.3 Å². The minimum atomic E-state index is -3.52. The van der Waals surface area contributed by atoms with Gasteiger partial charge in [0.15, 0.2) is 0 Å². The quantitative estimate of drug-likeness (QED) is 0.612. The Morgan fingerprint density at radius 2 is 1.71 bits per heavy atom. The van der Waals surface area contributed by atoms with E-state index in [9.17, 15) is 8.42 Å². The number of nitrogens with zero attached hydrogens (tertiary/aromatic N) is 1. The smallest absolute Gasteiger partial charge is 0.206 e. The standard InChI is InChI=1S/C19H16N2O2S/c1-2-13-8-10-16-17-12-15(9-11-18(17)21-19(16)20-13)24(22,23)14-6-4-3-5-7-14/h3-12H,2H2,1H3,(H,20,21). The molecule has 0 amide bonds. The van der Waals surface area contributed by atoms with Crippen LogP contribution in [0.1, 0.15) is 12.6 Å². The Hall–Kier alpha value is -2.66. The molecule has 2 aromatic heterocycles. The molecule has 0 saturated heterocycles. The molecule has 0 saturated carbocycles. The molecule has 0 atom stereocenters. The van der Waals surface area contributed by atoms with E-state index in [0.717, 1.165) is 34.1 Å². The summed E-state index contributed by atoms with van der Waals surface area (Å²) in [5.41, 5.74) is 2.68. The maximum absolute atomic E-state index is 12.8. The fraction of sp³-hybridized carbons (Fsp3) is 0.105. The van der Waals surface area contributed by atoms with Gasteiger partial charge in [-0.1, -0.05) is 25.1 Å². The van der Waals surface area contributed by atoms with Gasteiger partial charge in [0.05, 0.1) is 9.79 Å². The lowest BCUT2D eigenvalue weighted by Crippen LogP contribution is -2.01. The van der Waals surface area contributed by atoms with Crippen LogP contribution < -0.4 is 0 Å². The van der Waals surface area contributed by atoms with E-state index < -0.39 is 9.84 Å². The van der Waals surface area contributed by atoms with E-state index in [4.69, 9.17) is 0 Å². The lowest BCUT2D eigenvalue weighted by molar-refractivity contribution is 0.596. The predicted octanol–water partition coefficient (Wildman–Crippen LogP) is 4.11. The number of aromatic nitrogens is 2. The molecular formula is C19H16N2O2S. The molecule has 1 N–H and O–H groups in total. The van der Waals surface area contributed by atoms with Gasteiger partial charge < -0.3 is 4.98 Å². The van der Waals surface area contributed by atoms with E-state index in [1.165, 1.54) is 0 Å². The number of H-pyrrole nitrogens is 1. The van der Waals surface area contributed by atoms with E-state index in [-0.39, 0.29) is 0 Å². The molecule has 0 fully saturated rings. The van der Waals surface area contributed by atoms with Gasteiger partial charge in [0.2, 0.25) is 9.84 Å². The Morgan fingerprint density at radius 3 is 2.46 bits per heavy atom. The molecule has 0 aliphatic rings. The first-order chi connectivity index (χ1) is 11.6. The van der Waals surface area contributed by atoms with Gasteiger partial charge in [-0.25, -0.2) is 13.4 Å². The monoisotopic (exact) mass is 336 g/mol. The topological polar surface area (TPSA) is 62.8 Å². The molecule has 4 rings (SSSR count). The molecule has 2 aromatic carbocycles. The summed E-state index contributed by atoms with van der Waals surface area (Å²) in [7, 11) is -3.52. The number of nitrogens with one attached hydrogen (secondary N) is 1. The fourth-order valence-corrected chi connectivity index (χ4v) is 4.20. The van der Waals surface area contributed by atoms with E-state index in [1.807, 2.05) is 12.1 Å². The number of fused-ring (bicyclic) bond motifs is 3. The van der Waals surface area contributed by atoms with Gasteiger partial charge in [0, 0.05) is 22.0 Å². The number of aryl methyl sites for hydroxylation is 1. The van der Waals surface area contributed by atoms with E-state index in [2.05, 4.69) is 16.9 Å². The number of pyridine rings is 1. The van der Waals surface area contributed by atoms with Gasteiger partial charge >= 0.3 is 0 Å². The summed E-state index contributed by atoms with van der Waals surface area (Å²) in [5, 5.41) is 1.81. The predicted molar refractivity (Wildman–Crippen MR) is 94.9 cm³/mol. The van der Waals surface area contributed by atoms with E-state index >= 15 is 0 Å². The van der Waals surface area contributed by atoms with Crippen molar-refractivity contribution in [2.24, 2.45) is 0 Å². The Balaban J connectivity index is 1.94. The highest BCUT2D eigenvalue weighted by Gasteiger charge is 2.18. The van der Waals surface area contributed by atoms with Crippen molar-refractivity contribution in [3.05, 3.63) is 66.4 Å². The third-order valence-corrected chi connectivity index (χ3v) is 5.98. The second kappa shape index (κ2) is 5.46. The summed E-state index contributed by atoms with van der Waals surface area (Å²) in [6, 6.07) is 17.6. The van der Waals surface area contributed by atoms with Crippen molar-refractivity contribution in [2.45, 2.75) is 23.1 Å². The van der Waals surface area contributed by atoms with Crippen LogP contribution in [0.25, 0.3) is 21.9 Å². The molecule has 4 nitrogen and oxygen atoms in total. The molecule has 0 radical (unpaired) electrons. The van der Waals surface area contributed by atoms with Crippen molar-refractivity contribution >= 4 is 31.8 Å². The van der Waals surface area contributed by atoms with Crippen molar-refractivity contribution < 1.29 is 8.42 Å². The van der Waals surface area contributed by atoms with Gasteiger partial charge in [-0.15, -0.1) is 0 Å². The Labute approximate surface area is 140 Å². The van der Waals surface area contributed by atoms with Gasteiger partial charge in [-0.2, -0.15) is 0 Å². The molecule has 4 aromatic rings. The van der Waals surface area contributed by atoms with Gasteiger partial charge in [0.1, 0.15) is 5.65 Å². The number of rotatable bonds is 3. The number of hydrogen-bond acceptors (Lipinski definition) is 3. The van der Waals surface area contributed by atoms with Gasteiger partial charge in [0.25, 0.3) is 0 Å². The molecular weight excluding hydrogens is 320 g/mol. The highest BCUT2D eigenvalue weighted by atomic mass is 32.2. The molecule has 2 heterocycles. The first-order valence-corrected chi connectivity index (χ1v) is 9.29. The van der Waals surface area contributed by atoms with Crippen LogP contribution in [0.5, 0.6) is 0 Å². The summed E-state index contributed by atoms with van der Waals surface area (Å²) in [6.07, 6.45) is 0.860. The normalized spacial score (nSPS) is 12.0. The SMILES string of the molecule is CCc1ccc2c(n1)[nH]c1ccc(S(=O)(=O)c3ccccc3)cc12. The minimum Gasteiger partial charge on any atom is -0.339 e. The van der Waals surface area contributed by atoms with Crippen molar-refractivity contribution in [3.8, 4) is 0 Å². The van der Waals surface area contributed by atoms with E-state index in [0.29, 0.717) is 9.79 Å². The van der Waals surface area contributed by atoms with Crippen molar-refractivity contribution in [2.75, 3.05) is 0 Å². The van der Waals surface area contributed by atoms with Crippen LogP contribution in [0.4, 0.5) is 0 Å². The lowest BCUT2D eigenvalue weighted by atomic mass is 10.2. The van der Waals surface area contributed by atoms with Crippen molar-refractivity contribution in [1.82, 2.24) is 9.97 Å². The third-order valence-electron chi connectivity index (χ3n) is 4.21. The summed E-state index contributed by atoms with van der Waals surface area (Å²) >= 11 is 0. The highest BCUT2D eigenvalue weighted by molar-refractivity contribution is 7.91. The van der Waals surface area contributed by atoms with Crippen LogP contribution in [0.3, 0.4) is 0 Å². The summed E-state index contributed by atoms with van der Waals surface area (Å²) < 4.78 is 25.6. The van der Waals surface area contributed by atoms with Crippen LogP contribution in [0.2, 0.25) is 0 Å². The average Bonchev–Trinajstić information content (AvgIpc) is 2.99. The first-order valence-electron chi connectivity index (χ1n) is 7.81. The first kappa shape index (κ1) is 14.9. The minimum absolute atomic E-state index is 0.293. The maximum Gasteiger partial charge on any atom is 0.206 e. The summed E-state index contributed by atoms with van der Waals surface area (Å²) in [4.78, 5) is 8.44. The largest absolute Gasteiger partial charge is 0.339 e. The molecule has 0 aliphatic carbocycles. The van der Waals surface area contributed by atoms with Crippen molar-refractivity contribution in [3.63, 3.8) is 0 Å². The number of sulfone groups is 1. The zero-order valence-electron chi connectivity index (χ0n) is 13.2. The molecule has 0 aliphatic heterocycles. The molecule has 0 spiro atoms. The van der Waals surface area contributed by atoms with Crippen LogP contribution in [0, 0.1) is 0 Å². The molecule has 120 valence electrons. The summed E-state index contributed by atoms with van der Waals surface area (Å²) in [6.45, 7) is 2.06. The molecule has 5 heteroatoms. The van der Waals surface area contributed by atoms with Crippen LogP contribution in [0.15, 0.2) is 70.5 Å². The van der Waals surface area contributed by atoms with Crippen molar-refractivity contribution in [1.29, 1.82) is 0 Å². The summed E-state index contributed by atoms with van der Waals surface area (Å²) in [5.74, 6) is 0. The number of aromatic amines is 1. The van der Waals surface area contributed by atoms with Crippen LogP contribution in [-0.4, -0.2) is 18.4 Å². The Morgan fingerprint density at radius 1 is 0.917 bits per heavy atom. The van der Waals surface area contributed by atoms with Crippen LogP contribution >= 0.6 is 0 Å². The molecule has 0 bridgehead atoms. The lowest BCUT2D eigenvalue weighted by Gasteiger charge is -2.04. The average molecular weight is 336 g/mol. The van der Waals surface area contributed by atoms with E-state index in [1.54, 1.807) is 48.5 Å². The maximum atomic E-state index is 12.8. The van der Waals surface area contributed by atoms with Gasteiger partial charge in [-0.3, -0.25) is 0 Å².